The van der Waals surface area contributed by atoms with Gasteiger partial charge in [0.25, 0.3) is 0 Å². The Labute approximate surface area is 96.0 Å². The van der Waals surface area contributed by atoms with E-state index >= 15 is 0 Å². The molecule has 0 radical (unpaired) electrons. The third-order valence-electron chi connectivity index (χ3n) is 1.90. The van der Waals surface area contributed by atoms with Gasteiger partial charge in [0.05, 0.1) is 19.8 Å². The lowest BCUT2D eigenvalue weighted by molar-refractivity contribution is -0.382. The van der Waals surface area contributed by atoms with Crippen molar-refractivity contribution >= 4 is 0 Å². The first-order chi connectivity index (χ1) is 7.88. The molecule has 0 N–H and O–H groups in total. The van der Waals surface area contributed by atoms with Gasteiger partial charge in [-0.05, 0) is 6.92 Å². The summed E-state index contributed by atoms with van der Waals surface area (Å²) in [6.45, 7) is 3.33. The molecular formula is C12H18O4. The van der Waals surface area contributed by atoms with E-state index in [1.54, 1.807) is 7.11 Å². The number of hydrogen-bond donors (Lipinski definition) is 0. The Morgan fingerprint density at radius 3 is 2.50 bits per heavy atom. The zero-order valence-electron chi connectivity index (χ0n) is 9.72. The van der Waals surface area contributed by atoms with Crippen LogP contribution in [0.4, 0.5) is 0 Å². The van der Waals surface area contributed by atoms with Gasteiger partial charge in [-0.2, -0.15) is 4.89 Å². The Morgan fingerprint density at radius 1 is 1.12 bits per heavy atom. The highest BCUT2D eigenvalue weighted by Crippen LogP contribution is 2.18. The lowest BCUT2D eigenvalue weighted by atomic mass is 10.2. The molecule has 0 spiro atoms. The molecule has 0 bridgehead atoms. The van der Waals surface area contributed by atoms with Gasteiger partial charge in [-0.3, -0.25) is 0 Å². The van der Waals surface area contributed by atoms with Gasteiger partial charge in [0.15, 0.2) is 0 Å². The quantitative estimate of drug-likeness (QED) is 0.295. The van der Waals surface area contributed by atoms with E-state index in [9.17, 15) is 0 Å². The Kier molecular flexibility index (Phi) is 6.76. The van der Waals surface area contributed by atoms with Crippen molar-refractivity contribution in [3.63, 3.8) is 0 Å². The molecule has 0 unspecified atom stereocenters. The molecule has 16 heavy (non-hydrogen) atoms. The zero-order valence-corrected chi connectivity index (χ0v) is 9.72. The lowest BCUT2D eigenvalue weighted by Gasteiger charge is -2.16. The maximum atomic E-state index is 5.50. The monoisotopic (exact) mass is 226 g/mol. The van der Waals surface area contributed by atoms with E-state index < -0.39 is 6.29 Å². The molecule has 0 saturated carbocycles. The fraction of sp³-hybridized carbons (Fsp3) is 0.500. The first-order valence-corrected chi connectivity index (χ1v) is 5.32. The minimum Gasteiger partial charge on any atom is -0.382 e. The van der Waals surface area contributed by atoms with E-state index in [1.807, 2.05) is 37.3 Å². The largest absolute Gasteiger partial charge is 0.382 e. The van der Waals surface area contributed by atoms with E-state index in [-0.39, 0.29) is 0 Å². The van der Waals surface area contributed by atoms with Crippen molar-refractivity contribution in [3.8, 4) is 0 Å². The Balaban J connectivity index is 2.49. The highest BCUT2D eigenvalue weighted by Gasteiger charge is 2.12. The summed E-state index contributed by atoms with van der Waals surface area (Å²) in [4.78, 5) is 10.1. The minimum atomic E-state index is -0.503. The second-order valence-electron chi connectivity index (χ2n) is 3.11. The molecule has 0 aliphatic rings. The molecule has 0 saturated heterocycles. The molecule has 1 atom stereocenters. The standard InChI is InChI=1S/C12H18O4/c1-3-15-16-12(14-10-9-13-2)11-7-5-4-6-8-11/h4-8,12H,3,9-10H2,1-2H3/t12-/m0/s1. The van der Waals surface area contributed by atoms with Crippen LogP contribution in [0.25, 0.3) is 0 Å². The second kappa shape index (κ2) is 8.24. The number of rotatable bonds is 8. The predicted molar refractivity (Wildman–Crippen MR) is 59.7 cm³/mol. The normalized spacial score (nSPS) is 12.6. The first-order valence-electron chi connectivity index (χ1n) is 5.32. The maximum absolute atomic E-state index is 5.50. The highest BCUT2D eigenvalue weighted by molar-refractivity contribution is 5.15. The van der Waals surface area contributed by atoms with E-state index in [2.05, 4.69) is 0 Å². The van der Waals surface area contributed by atoms with Gasteiger partial charge in [0, 0.05) is 12.7 Å². The van der Waals surface area contributed by atoms with Gasteiger partial charge in [0.2, 0.25) is 6.29 Å². The van der Waals surface area contributed by atoms with E-state index in [0.717, 1.165) is 5.56 Å². The van der Waals surface area contributed by atoms with Crippen molar-refractivity contribution in [2.45, 2.75) is 13.2 Å². The van der Waals surface area contributed by atoms with E-state index in [1.165, 1.54) is 0 Å². The third kappa shape index (κ3) is 4.72. The molecular weight excluding hydrogens is 208 g/mol. The van der Waals surface area contributed by atoms with Crippen LogP contribution >= 0.6 is 0 Å². The van der Waals surface area contributed by atoms with Crippen molar-refractivity contribution in [2.75, 3.05) is 26.9 Å². The molecule has 90 valence electrons. The molecule has 1 aromatic carbocycles. The van der Waals surface area contributed by atoms with Crippen LogP contribution in [-0.2, 0) is 19.2 Å². The predicted octanol–water partition coefficient (Wildman–Crippen LogP) is 2.32. The minimum absolute atomic E-state index is 0.461. The molecule has 1 aromatic rings. The molecule has 0 fully saturated rings. The molecule has 0 amide bonds. The Bertz CT molecular complexity index is 263. The molecule has 4 nitrogen and oxygen atoms in total. The summed E-state index contributed by atoms with van der Waals surface area (Å²) in [6, 6.07) is 9.65. The molecule has 0 heterocycles. The van der Waals surface area contributed by atoms with Gasteiger partial charge in [-0.15, -0.1) is 0 Å². The van der Waals surface area contributed by atoms with E-state index in [0.29, 0.717) is 19.8 Å². The lowest BCUT2D eigenvalue weighted by Crippen LogP contribution is -2.12. The van der Waals surface area contributed by atoms with E-state index in [4.69, 9.17) is 19.2 Å². The van der Waals surface area contributed by atoms with Gasteiger partial charge in [-0.25, -0.2) is 4.89 Å². The van der Waals surface area contributed by atoms with Gasteiger partial charge in [0.1, 0.15) is 0 Å². The molecule has 0 aliphatic heterocycles. The number of benzene rings is 1. The number of hydrogen-bond acceptors (Lipinski definition) is 4. The highest BCUT2D eigenvalue weighted by atomic mass is 17.2. The second-order valence-corrected chi connectivity index (χ2v) is 3.11. The van der Waals surface area contributed by atoms with Crippen LogP contribution in [0.1, 0.15) is 18.8 Å². The van der Waals surface area contributed by atoms with Crippen LogP contribution in [0.3, 0.4) is 0 Å². The summed E-state index contributed by atoms with van der Waals surface area (Å²) in [7, 11) is 1.63. The van der Waals surface area contributed by atoms with Gasteiger partial charge in [-0.1, -0.05) is 30.3 Å². The van der Waals surface area contributed by atoms with Crippen LogP contribution in [-0.4, -0.2) is 26.9 Å². The summed E-state index contributed by atoms with van der Waals surface area (Å²) in [5, 5.41) is 0. The van der Waals surface area contributed by atoms with Gasteiger partial charge < -0.3 is 9.47 Å². The van der Waals surface area contributed by atoms with Crippen molar-refractivity contribution < 1.29 is 19.2 Å². The van der Waals surface area contributed by atoms with Crippen molar-refractivity contribution in [1.29, 1.82) is 0 Å². The first kappa shape index (κ1) is 13.1. The van der Waals surface area contributed by atoms with Crippen LogP contribution in [0.2, 0.25) is 0 Å². The SMILES string of the molecule is CCOO[C@H](OCCOC)c1ccccc1. The van der Waals surface area contributed by atoms with Crippen LogP contribution < -0.4 is 0 Å². The summed E-state index contributed by atoms with van der Waals surface area (Å²) in [5.74, 6) is 0. The summed E-state index contributed by atoms with van der Waals surface area (Å²) < 4.78 is 10.4. The van der Waals surface area contributed by atoms with Crippen molar-refractivity contribution in [3.05, 3.63) is 35.9 Å². The number of ether oxygens (including phenoxy) is 2. The van der Waals surface area contributed by atoms with Crippen LogP contribution in [0.5, 0.6) is 0 Å². The zero-order chi connectivity index (χ0) is 11.6. The van der Waals surface area contributed by atoms with Crippen LogP contribution in [0.15, 0.2) is 30.3 Å². The maximum Gasteiger partial charge on any atom is 0.217 e. The van der Waals surface area contributed by atoms with Crippen molar-refractivity contribution in [1.82, 2.24) is 0 Å². The van der Waals surface area contributed by atoms with Gasteiger partial charge >= 0.3 is 0 Å². The van der Waals surface area contributed by atoms with Crippen molar-refractivity contribution in [2.24, 2.45) is 0 Å². The fourth-order valence-electron chi connectivity index (χ4n) is 1.16. The molecule has 4 heteroatoms. The Morgan fingerprint density at radius 2 is 1.88 bits per heavy atom. The van der Waals surface area contributed by atoms with Crippen LogP contribution in [0, 0.1) is 0 Å². The topological polar surface area (TPSA) is 36.9 Å². The fourth-order valence-corrected chi connectivity index (χ4v) is 1.16. The third-order valence-corrected chi connectivity index (χ3v) is 1.90. The average molecular weight is 226 g/mol. The molecule has 1 rings (SSSR count). The Hall–Kier alpha value is -0.940. The number of methoxy groups -OCH3 is 1. The summed E-state index contributed by atoms with van der Waals surface area (Å²) in [6.07, 6.45) is -0.503. The summed E-state index contributed by atoms with van der Waals surface area (Å²) >= 11 is 0. The average Bonchev–Trinajstić information content (AvgIpc) is 2.35. The summed E-state index contributed by atoms with van der Waals surface area (Å²) in [5.41, 5.74) is 0.923. The smallest absolute Gasteiger partial charge is 0.217 e. The molecule has 0 aromatic heterocycles. The molecule has 0 aliphatic carbocycles.